The van der Waals surface area contributed by atoms with Crippen molar-refractivity contribution in [1.29, 1.82) is 0 Å². The number of methoxy groups -OCH3 is 1. The third kappa shape index (κ3) is 11.8. The van der Waals surface area contributed by atoms with Crippen molar-refractivity contribution in [2.45, 2.75) is 135 Å². The van der Waals surface area contributed by atoms with Crippen LogP contribution >= 0.6 is 0 Å². The minimum absolute atomic E-state index is 0.0435. The van der Waals surface area contributed by atoms with Crippen LogP contribution in [-0.2, 0) is 38.0 Å². The molecule has 0 aromatic rings. The van der Waals surface area contributed by atoms with Crippen LogP contribution in [0.1, 0.15) is 104 Å². The van der Waals surface area contributed by atoms with Crippen LogP contribution in [0.4, 0.5) is 0 Å². The summed E-state index contributed by atoms with van der Waals surface area (Å²) < 4.78 is 35.3. The largest absolute Gasteiger partial charge is 0.469 e. The molecule has 0 N–H and O–H groups in total. The smallest absolute Gasteiger partial charge is 0.305 e. The summed E-state index contributed by atoms with van der Waals surface area (Å²) in [4.78, 5) is 22.9. The molecule has 8 nitrogen and oxygen atoms in total. The van der Waals surface area contributed by atoms with Gasteiger partial charge in [-0.2, -0.15) is 0 Å². The molecule has 0 aromatic heterocycles. The molecule has 0 radical (unpaired) electrons. The number of ether oxygens (including phenoxy) is 6. The minimum atomic E-state index is -0.242. The van der Waals surface area contributed by atoms with Gasteiger partial charge >= 0.3 is 5.97 Å². The van der Waals surface area contributed by atoms with E-state index in [2.05, 4.69) is 38.2 Å². The maximum Gasteiger partial charge on any atom is 0.305 e. The Labute approximate surface area is 247 Å². The van der Waals surface area contributed by atoms with E-state index < -0.39 is 0 Å². The summed E-state index contributed by atoms with van der Waals surface area (Å²) in [6.45, 7) is 6.52. The standard InChI is InChI=1S/C33H54O8/c1-4-5-14-25(2)28(40-32-17-10-12-21-37-32)20-19-27-26(15-8-6-7-9-16-31(35)36-3)29(39-24-34)23-30(27)41-33-18-11-13-22-38-33/h6,8,19-20,24-30,32-33H,4-5,7,9-18,21-23H2,1-3H3/b8-6-,20-19+/t25-,26-,27-,28-,29-,30-,32?,33?/m1/s1. The van der Waals surface area contributed by atoms with Crippen LogP contribution in [0.3, 0.4) is 0 Å². The van der Waals surface area contributed by atoms with E-state index in [0.717, 1.165) is 90.3 Å². The molecule has 0 amide bonds. The Balaban J connectivity index is 1.76. The predicted octanol–water partition coefficient (Wildman–Crippen LogP) is 6.66. The van der Waals surface area contributed by atoms with E-state index in [9.17, 15) is 9.59 Å². The highest BCUT2D eigenvalue weighted by atomic mass is 16.7. The molecule has 2 saturated heterocycles. The van der Waals surface area contributed by atoms with Crippen LogP contribution < -0.4 is 0 Å². The molecule has 0 bridgehead atoms. The van der Waals surface area contributed by atoms with Crippen LogP contribution in [-0.4, -0.2) is 63.7 Å². The van der Waals surface area contributed by atoms with E-state index in [0.29, 0.717) is 25.2 Å². The predicted molar refractivity (Wildman–Crippen MR) is 157 cm³/mol. The first-order valence-electron chi connectivity index (χ1n) is 16.1. The number of rotatable bonds is 18. The van der Waals surface area contributed by atoms with Crippen molar-refractivity contribution < 1.29 is 38.0 Å². The summed E-state index contributed by atoms with van der Waals surface area (Å²) in [5, 5.41) is 0. The zero-order chi connectivity index (χ0) is 29.3. The van der Waals surface area contributed by atoms with E-state index >= 15 is 0 Å². The zero-order valence-electron chi connectivity index (χ0n) is 25.6. The van der Waals surface area contributed by atoms with Crippen LogP contribution in [0, 0.1) is 17.8 Å². The number of allylic oxidation sites excluding steroid dienone is 2. The van der Waals surface area contributed by atoms with Crippen molar-refractivity contribution in [3.63, 3.8) is 0 Å². The molecule has 234 valence electrons. The molecule has 2 aliphatic heterocycles. The summed E-state index contributed by atoms with van der Waals surface area (Å²) in [5.74, 6) is 0.281. The molecule has 0 aromatic carbocycles. The molecule has 41 heavy (non-hydrogen) atoms. The van der Waals surface area contributed by atoms with Crippen molar-refractivity contribution in [3.05, 3.63) is 24.3 Å². The van der Waals surface area contributed by atoms with Gasteiger partial charge in [-0.25, -0.2) is 0 Å². The minimum Gasteiger partial charge on any atom is -0.469 e. The summed E-state index contributed by atoms with van der Waals surface area (Å²) in [6.07, 6.45) is 20.9. The highest BCUT2D eigenvalue weighted by molar-refractivity contribution is 5.69. The molecular formula is C33H54O8. The summed E-state index contributed by atoms with van der Waals surface area (Å²) in [6, 6.07) is 0. The van der Waals surface area contributed by atoms with Gasteiger partial charge in [0.1, 0.15) is 6.10 Å². The first-order valence-corrected chi connectivity index (χ1v) is 16.1. The molecule has 8 atom stereocenters. The average Bonchev–Trinajstić information content (AvgIpc) is 3.31. The topological polar surface area (TPSA) is 89.5 Å². The van der Waals surface area contributed by atoms with Crippen molar-refractivity contribution >= 4 is 12.4 Å². The molecule has 3 fully saturated rings. The molecule has 8 heteroatoms. The summed E-state index contributed by atoms with van der Waals surface area (Å²) in [7, 11) is 1.41. The van der Waals surface area contributed by atoms with Crippen LogP contribution in [0.5, 0.6) is 0 Å². The Morgan fingerprint density at radius 2 is 1.76 bits per heavy atom. The molecule has 1 saturated carbocycles. The monoisotopic (exact) mass is 578 g/mol. The molecule has 1 aliphatic carbocycles. The van der Waals surface area contributed by atoms with E-state index in [1.54, 1.807) is 0 Å². The number of unbranched alkanes of at least 4 members (excludes halogenated alkanes) is 2. The number of carbonyl (C=O) groups is 2. The quantitative estimate of drug-likeness (QED) is 0.0772. The average molecular weight is 579 g/mol. The van der Waals surface area contributed by atoms with Crippen LogP contribution in [0.2, 0.25) is 0 Å². The van der Waals surface area contributed by atoms with Gasteiger partial charge in [-0.3, -0.25) is 9.59 Å². The zero-order valence-corrected chi connectivity index (χ0v) is 25.6. The van der Waals surface area contributed by atoms with Crippen molar-refractivity contribution in [2.75, 3.05) is 20.3 Å². The molecular weight excluding hydrogens is 524 g/mol. The molecule has 3 aliphatic rings. The maximum atomic E-state index is 11.5. The lowest BCUT2D eigenvalue weighted by atomic mass is 9.88. The van der Waals surface area contributed by atoms with E-state index in [1.165, 1.54) is 7.11 Å². The molecule has 0 spiro atoms. The van der Waals surface area contributed by atoms with E-state index in [1.807, 2.05) is 0 Å². The second kappa shape index (κ2) is 19.4. The van der Waals surface area contributed by atoms with E-state index in [-0.39, 0.29) is 48.7 Å². The summed E-state index contributed by atoms with van der Waals surface area (Å²) >= 11 is 0. The van der Waals surface area contributed by atoms with Gasteiger partial charge < -0.3 is 28.4 Å². The second-order valence-corrected chi connectivity index (χ2v) is 11.8. The third-order valence-electron chi connectivity index (χ3n) is 8.66. The third-order valence-corrected chi connectivity index (χ3v) is 8.66. The number of hydrogen-bond acceptors (Lipinski definition) is 8. The SMILES string of the molecule is CCCC[C@@H](C)[C@@H](/C=C/[C@@H]1[C@@H](C/C=C\CCCC(=O)OC)[C@H](OC=O)C[C@H]1OC1CCCCO1)OC1CCCCO1. The highest BCUT2D eigenvalue weighted by Gasteiger charge is 2.44. The fraction of sp³-hybridized carbons (Fsp3) is 0.818. The Morgan fingerprint density at radius 3 is 2.41 bits per heavy atom. The Morgan fingerprint density at radius 1 is 1.00 bits per heavy atom. The summed E-state index contributed by atoms with van der Waals surface area (Å²) in [5.41, 5.74) is 0. The molecule has 2 heterocycles. The lowest BCUT2D eigenvalue weighted by Crippen LogP contribution is -2.32. The first kappa shape index (κ1) is 33.8. The van der Waals surface area contributed by atoms with E-state index in [4.69, 9.17) is 28.4 Å². The van der Waals surface area contributed by atoms with Crippen molar-refractivity contribution in [1.82, 2.24) is 0 Å². The highest BCUT2D eigenvalue weighted by Crippen LogP contribution is 2.41. The van der Waals surface area contributed by atoms with Gasteiger partial charge in [0.2, 0.25) is 0 Å². The molecule has 3 rings (SSSR count). The Hall–Kier alpha value is -1.74. The number of carbonyl (C=O) groups excluding carboxylic acids is 2. The van der Waals surface area contributed by atoms with Crippen molar-refractivity contribution in [3.8, 4) is 0 Å². The Kier molecular flexibility index (Phi) is 16.0. The van der Waals surface area contributed by atoms with Gasteiger partial charge in [0.05, 0.1) is 19.3 Å². The van der Waals surface area contributed by atoms with Gasteiger partial charge in [-0.05, 0) is 70.1 Å². The maximum absolute atomic E-state index is 11.5. The fourth-order valence-electron chi connectivity index (χ4n) is 6.18. The molecule has 2 unspecified atom stereocenters. The van der Waals surface area contributed by atoms with Crippen LogP contribution in [0.15, 0.2) is 24.3 Å². The fourth-order valence-corrected chi connectivity index (χ4v) is 6.18. The number of hydrogen-bond donors (Lipinski definition) is 0. The van der Waals surface area contributed by atoms with Gasteiger partial charge in [-0.1, -0.05) is 51.0 Å². The normalized spacial score (nSPS) is 30.4. The second-order valence-electron chi connectivity index (χ2n) is 11.8. The number of esters is 1. The Bertz CT molecular complexity index is 786. The van der Waals surface area contributed by atoms with Gasteiger partial charge in [0.15, 0.2) is 12.6 Å². The van der Waals surface area contributed by atoms with Gasteiger partial charge in [-0.15, -0.1) is 0 Å². The lowest BCUT2D eigenvalue weighted by Gasteiger charge is -2.31. The van der Waals surface area contributed by atoms with Crippen LogP contribution in [0.25, 0.3) is 0 Å². The van der Waals surface area contributed by atoms with Gasteiger partial charge in [0.25, 0.3) is 6.47 Å². The van der Waals surface area contributed by atoms with Gasteiger partial charge in [0, 0.05) is 37.9 Å². The van der Waals surface area contributed by atoms with Crippen molar-refractivity contribution in [2.24, 2.45) is 17.8 Å². The first-order chi connectivity index (χ1) is 20.0. The lowest BCUT2D eigenvalue weighted by molar-refractivity contribution is -0.193.